The van der Waals surface area contributed by atoms with Crippen molar-refractivity contribution in [2.75, 3.05) is 0 Å². The van der Waals surface area contributed by atoms with Gasteiger partial charge in [0, 0.05) is 5.56 Å². The molecule has 2 heterocycles. The second kappa shape index (κ2) is 4.68. The molecule has 3 aromatic rings. The summed E-state index contributed by atoms with van der Waals surface area (Å²) in [4.78, 5) is 16.5. The lowest BCUT2D eigenvalue weighted by atomic mass is 10.0. The van der Waals surface area contributed by atoms with Gasteiger partial charge in [0.2, 0.25) is 0 Å². The first kappa shape index (κ1) is 12.7. The zero-order valence-electron chi connectivity index (χ0n) is 9.41. The van der Waals surface area contributed by atoms with E-state index in [4.69, 9.17) is 23.2 Å². The number of thiophene rings is 1. The van der Waals surface area contributed by atoms with Crippen molar-refractivity contribution < 1.29 is 5.11 Å². The van der Waals surface area contributed by atoms with E-state index in [0.717, 1.165) is 0 Å². The van der Waals surface area contributed by atoms with Crippen LogP contribution in [0.4, 0.5) is 0 Å². The standard InChI is InChI=1S/C12H8Cl2N2O2S/c13-9-4-6(11(14)19-9)10(17)5-1-2-7-8(3-5)16-12(18)15-7/h1-4,10,17H,(H2,15,16,18). The lowest BCUT2D eigenvalue weighted by Gasteiger charge is -2.10. The number of imidazole rings is 1. The molecule has 19 heavy (non-hydrogen) atoms. The quantitative estimate of drug-likeness (QED) is 0.679. The van der Waals surface area contributed by atoms with Crippen LogP contribution in [0.1, 0.15) is 17.2 Å². The molecule has 0 bridgehead atoms. The van der Waals surface area contributed by atoms with E-state index in [2.05, 4.69) is 9.97 Å². The summed E-state index contributed by atoms with van der Waals surface area (Å²) in [7, 11) is 0. The van der Waals surface area contributed by atoms with E-state index in [1.807, 2.05) is 0 Å². The highest BCUT2D eigenvalue weighted by Crippen LogP contribution is 2.37. The van der Waals surface area contributed by atoms with E-state index >= 15 is 0 Å². The lowest BCUT2D eigenvalue weighted by Crippen LogP contribution is -1.99. The minimum absolute atomic E-state index is 0.279. The third-order valence-corrected chi connectivity index (χ3v) is 4.35. The molecule has 0 aliphatic heterocycles. The molecule has 0 fully saturated rings. The summed E-state index contributed by atoms with van der Waals surface area (Å²) in [6, 6.07) is 6.81. The summed E-state index contributed by atoms with van der Waals surface area (Å²) >= 11 is 13.1. The normalized spacial score (nSPS) is 13.0. The highest BCUT2D eigenvalue weighted by atomic mass is 35.5. The first-order valence-corrected chi connectivity index (χ1v) is 6.96. The van der Waals surface area contributed by atoms with Gasteiger partial charge >= 0.3 is 5.69 Å². The van der Waals surface area contributed by atoms with Crippen molar-refractivity contribution in [3.05, 3.63) is 54.5 Å². The van der Waals surface area contributed by atoms with E-state index in [1.165, 1.54) is 11.3 Å². The van der Waals surface area contributed by atoms with Crippen molar-refractivity contribution in [3.8, 4) is 0 Å². The van der Waals surface area contributed by atoms with Crippen LogP contribution in [0.15, 0.2) is 29.1 Å². The van der Waals surface area contributed by atoms with Crippen LogP contribution < -0.4 is 5.69 Å². The lowest BCUT2D eigenvalue weighted by molar-refractivity contribution is 0.221. The Labute approximate surface area is 121 Å². The predicted molar refractivity (Wildman–Crippen MR) is 77.3 cm³/mol. The minimum Gasteiger partial charge on any atom is -0.384 e. The van der Waals surface area contributed by atoms with Crippen LogP contribution in [0, 0.1) is 0 Å². The zero-order valence-corrected chi connectivity index (χ0v) is 11.7. The van der Waals surface area contributed by atoms with Gasteiger partial charge in [-0.1, -0.05) is 29.3 Å². The van der Waals surface area contributed by atoms with E-state index in [1.54, 1.807) is 24.3 Å². The van der Waals surface area contributed by atoms with Crippen LogP contribution in [0.5, 0.6) is 0 Å². The maximum atomic E-state index is 11.2. The summed E-state index contributed by atoms with van der Waals surface area (Å²) < 4.78 is 0.982. The summed E-state index contributed by atoms with van der Waals surface area (Å²) in [6.07, 6.45) is -0.876. The fourth-order valence-corrected chi connectivity index (χ4v) is 3.46. The zero-order chi connectivity index (χ0) is 13.6. The van der Waals surface area contributed by atoms with Crippen molar-refractivity contribution in [2.45, 2.75) is 6.10 Å². The highest BCUT2D eigenvalue weighted by molar-refractivity contribution is 7.20. The molecule has 0 spiro atoms. The smallest absolute Gasteiger partial charge is 0.323 e. The Bertz CT molecular complexity index is 806. The summed E-state index contributed by atoms with van der Waals surface area (Å²) in [6.45, 7) is 0. The fourth-order valence-electron chi connectivity index (χ4n) is 1.94. The average molecular weight is 315 g/mol. The maximum Gasteiger partial charge on any atom is 0.323 e. The van der Waals surface area contributed by atoms with Gasteiger partial charge < -0.3 is 15.1 Å². The Morgan fingerprint density at radius 3 is 2.58 bits per heavy atom. The Morgan fingerprint density at radius 2 is 1.89 bits per heavy atom. The summed E-state index contributed by atoms with van der Waals surface area (Å²) in [5.74, 6) is 0. The molecule has 0 saturated heterocycles. The Kier molecular flexibility index (Phi) is 3.14. The van der Waals surface area contributed by atoms with Gasteiger partial charge in [0.1, 0.15) is 10.4 Å². The van der Waals surface area contributed by atoms with Gasteiger partial charge in [-0.15, -0.1) is 11.3 Å². The number of aliphatic hydroxyl groups excluding tert-OH is 1. The van der Waals surface area contributed by atoms with Crippen LogP contribution >= 0.6 is 34.5 Å². The third kappa shape index (κ3) is 2.30. The number of hydrogen-bond donors (Lipinski definition) is 3. The number of hydrogen-bond acceptors (Lipinski definition) is 3. The van der Waals surface area contributed by atoms with Crippen molar-refractivity contribution in [1.29, 1.82) is 0 Å². The molecule has 7 heteroatoms. The van der Waals surface area contributed by atoms with Gasteiger partial charge in [0.25, 0.3) is 0 Å². The topological polar surface area (TPSA) is 68.9 Å². The molecule has 3 N–H and O–H groups in total. The highest BCUT2D eigenvalue weighted by Gasteiger charge is 2.17. The molecule has 0 aliphatic carbocycles. The largest absolute Gasteiger partial charge is 0.384 e. The van der Waals surface area contributed by atoms with Crippen LogP contribution in [-0.4, -0.2) is 15.1 Å². The van der Waals surface area contributed by atoms with Crippen molar-refractivity contribution >= 4 is 45.6 Å². The fraction of sp³-hybridized carbons (Fsp3) is 0.0833. The number of aliphatic hydroxyl groups is 1. The predicted octanol–water partition coefficient (Wildman–Crippen LogP) is 3.31. The van der Waals surface area contributed by atoms with E-state index in [0.29, 0.717) is 30.8 Å². The Balaban J connectivity index is 2.08. The van der Waals surface area contributed by atoms with Gasteiger partial charge in [-0.05, 0) is 23.8 Å². The Hall–Kier alpha value is -1.27. The molecule has 3 rings (SSSR count). The molecule has 4 nitrogen and oxygen atoms in total. The van der Waals surface area contributed by atoms with Crippen LogP contribution in [-0.2, 0) is 0 Å². The number of halogens is 2. The molecule has 0 saturated carbocycles. The number of benzene rings is 1. The van der Waals surface area contributed by atoms with Crippen molar-refractivity contribution in [3.63, 3.8) is 0 Å². The number of nitrogens with one attached hydrogen (secondary N) is 2. The molecular weight excluding hydrogens is 307 g/mol. The number of H-pyrrole nitrogens is 2. The van der Waals surface area contributed by atoms with Gasteiger partial charge in [-0.3, -0.25) is 0 Å². The molecule has 1 unspecified atom stereocenters. The van der Waals surface area contributed by atoms with Crippen LogP contribution in [0.3, 0.4) is 0 Å². The first-order chi connectivity index (χ1) is 9.04. The average Bonchev–Trinajstić information content (AvgIpc) is 2.88. The van der Waals surface area contributed by atoms with Crippen molar-refractivity contribution in [1.82, 2.24) is 9.97 Å². The molecule has 0 amide bonds. The van der Waals surface area contributed by atoms with Crippen LogP contribution in [0.25, 0.3) is 11.0 Å². The first-order valence-electron chi connectivity index (χ1n) is 5.39. The molecule has 0 radical (unpaired) electrons. The van der Waals surface area contributed by atoms with Crippen LogP contribution in [0.2, 0.25) is 8.67 Å². The molecule has 98 valence electrons. The monoisotopic (exact) mass is 314 g/mol. The number of aromatic nitrogens is 2. The third-order valence-electron chi connectivity index (χ3n) is 2.83. The molecule has 2 aromatic heterocycles. The molecule has 1 atom stereocenters. The number of rotatable bonds is 2. The van der Waals surface area contributed by atoms with Crippen molar-refractivity contribution in [2.24, 2.45) is 0 Å². The van der Waals surface area contributed by atoms with E-state index in [9.17, 15) is 9.90 Å². The minimum atomic E-state index is -0.876. The van der Waals surface area contributed by atoms with E-state index < -0.39 is 6.10 Å². The van der Waals surface area contributed by atoms with Gasteiger partial charge in [0.15, 0.2) is 0 Å². The second-order valence-corrected chi connectivity index (χ2v) is 6.35. The maximum absolute atomic E-state index is 11.2. The Morgan fingerprint density at radius 1 is 1.16 bits per heavy atom. The van der Waals surface area contributed by atoms with Gasteiger partial charge in [-0.25, -0.2) is 4.79 Å². The SMILES string of the molecule is O=c1[nH]c2ccc(C(O)c3cc(Cl)sc3Cl)cc2[nH]1. The molecular formula is C12H8Cl2N2O2S. The summed E-state index contributed by atoms with van der Waals surface area (Å²) in [5, 5.41) is 10.3. The molecule has 1 aromatic carbocycles. The summed E-state index contributed by atoms with van der Waals surface area (Å²) in [5.41, 5.74) is 2.25. The molecule has 0 aliphatic rings. The van der Waals surface area contributed by atoms with Gasteiger partial charge in [0.05, 0.1) is 15.4 Å². The number of aromatic amines is 2. The second-order valence-electron chi connectivity index (χ2n) is 4.07. The van der Waals surface area contributed by atoms with Gasteiger partial charge in [-0.2, -0.15) is 0 Å². The van der Waals surface area contributed by atoms with E-state index in [-0.39, 0.29) is 5.69 Å². The number of fused-ring (bicyclic) bond motifs is 1.